The molecular formula is C11H10F2N2O. The van der Waals surface area contributed by atoms with Gasteiger partial charge in [-0.3, -0.25) is 4.79 Å². The summed E-state index contributed by atoms with van der Waals surface area (Å²) >= 11 is 0. The van der Waals surface area contributed by atoms with Crippen LogP contribution in [-0.4, -0.2) is 11.6 Å². The molecule has 1 amide bonds. The number of carbonyl (C=O) groups is 1. The number of amides is 1. The molecule has 0 bridgehead atoms. The molecule has 1 heterocycles. The molecule has 16 heavy (non-hydrogen) atoms. The van der Waals surface area contributed by atoms with Crippen molar-refractivity contribution in [1.82, 2.24) is 5.43 Å². The summed E-state index contributed by atoms with van der Waals surface area (Å²) in [4.78, 5) is 11.0. The van der Waals surface area contributed by atoms with Crippen molar-refractivity contribution in [2.24, 2.45) is 11.0 Å². The van der Waals surface area contributed by atoms with Gasteiger partial charge in [-0.05, 0) is 18.2 Å². The van der Waals surface area contributed by atoms with Crippen LogP contribution in [0.1, 0.15) is 18.9 Å². The molecule has 0 unspecified atom stereocenters. The van der Waals surface area contributed by atoms with Gasteiger partial charge in [-0.2, -0.15) is 5.10 Å². The molecule has 5 heteroatoms. The summed E-state index contributed by atoms with van der Waals surface area (Å²) in [6.45, 7) is 1.82. The van der Waals surface area contributed by atoms with Crippen LogP contribution >= 0.6 is 0 Å². The maximum absolute atomic E-state index is 13.0. The second-order valence-electron chi connectivity index (χ2n) is 3.77. The zero-order valence-corrected chi connectivity index (χ0v) is 8.63. The van der Waals surface area contributed by atoms with Crippen LogP contribution in [0.25, 0.3) is 0 Å². The number of nitrogens with one attached hydrogen (secondary N) is 1. The molecule has 0 aromatic heterocycles. The number of rotatable bonds is 1. The number of benzene rings is 1. The Kier molecular flexibility index (Phi) is 2.68. The van der Waals surface area contributed by atoms with Crippen molar-refractivity contribution >= 4 is 11.6 Å². The van der Waals surface area contributed by atoms with Gasteiger partial charge in [0.25, 0.3) is 0 Å². The van der Waals surface area contributed by atoms with Gasteiger partial charge < -0.3 is 0 Å². The molecule has 1 N–H and O–H groups in total. The molecule has 0 spiro atoms. The fourth-order valence-corrected chi connectivity index (χ4v) is 1.66. The van der Waals surface area contributed by atoms with E-state index in [0.29, 0.717) is 17.7 Å². The Bertz CT molecular complexity index is 471. The maximum atomic E-state index is 13.0. The Labute approximate surface area is 91.2 Å². The fraction of sp³-hybridized carbons (Fsp3) is 0.273. The number of hydrogen-bond acceptors (Lipinski definition) is 2. The molecule has 1 aliphatic rings. The molecule has 0 saturated carbocycles. The van der Waals surface area contributed by atoms with Gasteiger partial charge in [0.1, 0.15) is 0 Å². The van der Waals surface area contributed by atoms with Crippen LogP contribution in [-0.2, 0) is 4.79 Å². The van der Waals surface area contributed by atoms with Crippen molar-refractivity contribution in [2.45, 2.75) is 13.3 Å². The fourth-order valence-electron chi connectivity index (χ4n) is 1.66. The molecule has 0 fully saturated rings. The van der Waals surface area contributed by atoms with E-state index in [1.165, 1.54) is 6.07 Å². The zero-order valence-electron chi connectivity index (χ0n) is 8.63. The first-order valence-corrected chi connectivity index (χ1v) is 4.90. The van der Waals surface area contributed by atoms with Crippen molar-refractivity contribution in [3.63, 3.8) is 0 Å². The minimum absolute atomic E-state index is 0.0985. The smallest absolute Gasteiger partial charge is 0.240 e. The third-order valence-corrected chi connectivity index (χ3v) is 2.47. The van der Waals surface area contributed by atoms with E-state index in [1.807, 2.05) is 6.92 Å². The van der Waals surface area contributed by atoms with Crippen LogP contribution in [0.5, 0.6) is 0 Å². The maximum Gasteiger partial charge on any atom is 0.240 e. The van der Waals surface area contributed by atoms with Crippen molar-refractivity contribution in [3.05, 3.63) is 35.4 Å². The molecule has 1 aliphatic heterocycles. The summed E-state index contributed by atoms with van der Waals surface area (Å²) in [5.74, 6) is -2.07. The summed E-state index contributed by atoms with van der Waals surface area (Å²) < 4.78 is 25.8. The van der Waals surface area contributed by atoms with Gasteiger partial charge in [0.05, 0.1) is 5.71 Å². The van der Waals surface area contributed by atoms with Gasteiger partial charge in [-0.1, -0.05) is 6.92 Å². The Morgan fingerprint density at radius 1 is 1.38 bits per heavy atom. The molecule has 3 nitrogen and oxygen atoms in total. The third kappa shape index (κ3) is 1.93. The van der Waals surface area contributed by atoms with Gasteiger partial charge in [0.15, 0.2) is 11.6 Å². The summed E-state index contributed by atoms with van der Waals surface area (Å²) in [6, 6.07) is 3.59. The molecule has 1 aromatic carbocycles. The Balaban J connectivity index is 2.37. The molecule has 0 radical (unpaired) electrons. The van der Waals surface area contributed by atoms with Crippen LogP contribution in [0.15, 0.2) is 23.3 Å². The van der Waals surface area contributed by atoms with Crippen molar-refractivity contribution in [1.29, 1.82) is 0 Å². The molecule has 0 saturated heterocycles. The van der Waals surface area contributed by atoms with E-state index in [4.69, 9.17) is 0 Å². The average molecular weight is 224 g/mol. The highest BCUT2D eigenvalue weighted by Gasteiger charge is 2.22. The molecule has 1 aromatic rings. The van der Waals surface area contributed by atoms with E-state index >= 15 is 0 Å². The lowest BCUT2D eigenvalue weighted by Gasteiger charge is -2.19. The molecule has 84 valence electrons. The van der Waals surface area contributed by atoms with E-state index in [0.717, 1.165) is 12.1 Å². The predicted octanol–water partition coefficient (Wildman–Crippen LogP) is 1.82. The highest BCUT2D eigenvalue weighted by Crippen LogP contribution is 2.18. The number of hydrogen-bond donors (Lipinski definition) is 1. The topological polar surface area (TPSA) is 41.5 Å². The monoisotopic (exact) mass is 224 g/mol. The van der Waals surface area contributed by atoms with Gasteiger partial charge in [-0.25, -0.2) is 14.2 Å². The second-order valence-corrected chi connectivity index (χ2v) is 3.77. The van der Waals surface area contributed by atoms with E-state index in [-0.39, 0.29) is 11.8 Å². The molecule has 0 aliphatic carbocycles. The summed E-state index contributed by atoms with van der Waals surface area (Å²) in [5, 5.41) is 3.86. The number of nitrogens with zero attached hydrogens (tertiary/aromatic N) is 1. The van der Waals surface area contributed by atoms with Crippen molar-refractivity contribution in [3.8, 4) is 0 Å². The molecule has 1 atom stereocenters. The lowest BCUT2D eigenvalue weighted by atomic mass is 9.94. The van der Waals surface area contributed by atoms with Crippen molar-refractivity contribution in [2.75, 3.05) is 0 Å². The normalized spacial score (nSPS) is 20.3. The standard InChI is InChI=1S/C11H10F2N2O/c1-6-4-10(16)14-15-11(6)7-2-3-8(12)9(13)5-7/h2-3,5-6H,4H2,1H3,(H,14,16)/t6-/m1/s1. The van der Waals surface area contributed by atoms with Crippen molar-refractivity contribution < 1.29 is 13.6 Å². The van der Waals surface area contributed by atoms with E-state index in [2.05, 4.69) is 10.5 Å². The summed E-state index contributed by atoms with van der Waals surface area (Å²) in [5.41, 5.74) is 3.39. The molecule has 2 rings (SSSR count). The highest BCUT2D eigenvalue weighted by atomic mass is 19.2. The Morgan fingerprint density at radius 2 is 2.12 bits per heavy atom. The lowest BCUT2D eigenvalue weighted by Crippen LogP contribution is -2.32. The highest BCUT2D eigenvalue weighted by molar-refractivity contribution is 6.05. The van der Waals surface area contributed by atoms with Gasteiger partial charge in [0, 0.05) is 17.9 Å². The number of hydrazone groups is 1. The first kappa shape index (κ1) is 10.7. The van der Waals surface area contributed by atoms with Crippen LogP contribution in [0.4, 0.5) is 8.78 Å². The van der Waals surface area contributed by atoms with E-state index in [1.54, 1.807) is 0 Å². The minimum Gasteiger partial charge on any atom is -0.273 e. The number of halogens is 2. The first-order valence-electron chi connectivity index (χ1n) is 4.90. The van der Waals surface area contributed by atoms with Gasteiger partial charge in [0.2, 0.25) is 5.91 Å². The van der Waals surface area contributed by atoms with Crippen LogP contribution in [0.2, 0.25) is 0 Å². The lowest BCUT2D eigenvalue weighted by molar-refractivity contribution is -0.121. The molecular weight excluding hydrogens is 214 g/mol. The van der Waals surface area contributed by atoms with Crippen LogP contribution < -0.4 is 5.43 Å². The summed E-state index contributed by atoms with van der Waals surface area (Å²) in [7, 11) is 0. The third-order valence-electron chi connectivity index (χ3n) is 2.47. The van der Waals surface area contributed by atoms with Gasteiger partial charge in [-0.15, -0.1) is 0 Å². The second kappa shape index (κ2) is 4.00. The predicted molar refractivity (Wildman–Crippen MR) is 54.8 cm³/mol. The Hall–Kier alpha value is -1.78. The summed E-state index contributed by atoms with van der Waals surface area (Å²) in [6.07, 6.45) is 0.303. The van der Waals surface area contributed by atoms with E-state index in [9.17, 15) is 13.6 Å². The largest absolute Gasteiger partial charge is 0.273 e. The average Bonchev–Trinajstić information content (AvgIpc) is 2.22. The Morgan fingerprint density at radius 3 is 2.75 bits per heavy atom. The van der Waals surface area contributed by atoms with Crippen LogP contribution in [0, 0.1) is 17.6 Å². The van der Waals surface area contributed by atoms with Crippen LogP contribution in [0.3, 0.4) is 0 Å². The first-order chi connectivity index (χ1) is 7.58. The number of carbonyl (C=O) groups excluding carboxylic acids is 1. The van der Waals surface area contributed by atoms with E-state index < -0.39 is 11.6 Å². The SMILES string of the molecule is C[C@@H]1CC(=O)NN=C1c1ccc(F)c(F)c1. The zero-order chi connectivity index (χ0) is 11.7. The van der Waals surface area contributed by atoms with Gasteiger partial charge >= 0.3 is 0 Å². The minimum atomic E-state index is -0.913. The quantitative estimate of drug-likeness (QED) is 0.776.